The maximum absolute atomic E-state index is 10.2. The normalized spacial score (nSPS) is 14.1. The van der Waals surface area contributed by atoms with Gasteiger partial charge >= 0.3 is 5.97 Å². The quantitative estimate of drug-likeness (QED) is 0.242. The maximum Gasteiger partial charge on any atom is 0.303 e. The molecule has 0 radical (unpaired) electrons. The Morgan fingerprint density at radius 3 is 1.50 bits per heavy atom. The molecule has 1 rings (SSSR count). The number of ether oxygens (including phenoxy) is 2. The lowest BCUT2D eigenvalue weighted by Crippen LogP contribution is -2.06. The summed E-state index contributed by atoms with van der Waals surface area (Å²) in [5, 5.41) is 8.41. The lowest BCUT2D eigenvalue weighted by molar-refractivity contribution is -0.137. The van der Waals surface area contributed by atoms with Crippen molar-refractivity contribution in [3.05, 3.63) is 0 Å². The Hall–Kier alpha value is -0.610. The average Bonchev–Trinajstić information content (AvgIpc) is 3.20. The van der Waals surface area contributed by atoms with E-state index in [2.05, 4.69) is 13.8 Å². The first kappa shape index (κ1) is 27.4. The van der Waals surface area contributed by atoms with Gasteiger partial charge in [0, 0.05) is 6.42 Å². The van der Waals surface area contributed by atoms with Gasteiger partial charge < -0.3 is 14.6 Å². The van der Waals surface area contributed by atoms with Crippen LogP contribution in [-0.4, -0.2) is 30.6 Å². The topological polar surface area (TPSA) is 55.8 Å². The van der Waals surface area contributed by atoms with Gasteiger partial charge in [-0.05, 0) is 19.3 Å². The van der Waals surface area contributed by atoms with Gasteiger partial charge in [0.25, 0.3) is 0 Å². The SMILES string of the molecule is CCCCCCCCCC1OCCO1.CCCCCCCCCCCC(=O)O. The summed E-state index contributed by atoms with van der Waals surface area (Å²) in [6.07, 6.45) is 22.2. The zero-order valence-electron chi connectivity index (χ0n) is 18.9. The second-order valence-electron chi connectivity index (χ2n) is 8.05. The third-order valence-electron chi connectivity index (χ3n) is 5.23. The molecular weight excluding hydrogens is 352 g/mol. The number of carboxylic acids is 1. The molecule has 0 amide bonds. The van der Waals surface area contributed by atoms with Crippen molar-refractivity contribution in [3.63, 3.8) is 0 Å². The molecule has 1 aliphatic rings. The van der Waals surface area contributed by atoms with Crippen LogP contribution in [0.25, 0.3) is 0 Å². The second-order valence-corrected chi connectivity index (χ2v) is 8.05. The van der Waals surface area contributed by atoms with Crippen molar-refractivity contribution in [3.8, 4) is 0 Å². The standard InChI is InChI=1S/2C12H24O2/c1-2-3-4-5-6-7-8-9-12-13-10-11-14-12;1-2-3-4-5-6-7-8-9-10-11-12(13)14/h12H,2-11H2,1H3;2-11H2,1H3,(H,13,14). The van der Waals surface area contributed by atoms with Crippen molar-refractivity contribution < 1.29 is 19.4 Å². The summed E-state index contributed by atoms with van der Waals surface area (Å²) in [7, 11) is 0. The van der Waals surface area contributed by atoms with E-state index < -0.39 is 5.97 Å². The third-order valence-corrected chi connectivity index (χ3v) is 5.23. The molecule has 0 unspecified atom stereocenters. The Morgan fingerprint density at radius 2 is 1.07 bits per heavy atom. The van der Waals surface area contributed by atoms with Gasteiger partial charge in [0.1, 0.15) is 0 Å². The largest absolute Gasteiger partial charge is 0.481 e. The number of rotatable bonds is 18. The second kappa shape index (κ2) is 22.7. The molecule has 0 saturated carbocycles. The zero-order valence-corrected chi connectivity index (χ0v) is 18.9. The van der Waals surface area contributed by atoms with Crippen molar-refractivity contribution in [1.29, 1.82) is 0 Å². The summed E-state index contributed by atoms with van der Waals surface area (Å²) in [5.74, 6) is -0.659. The van der Waals surface area contributed by atoms with Gasteiger partial charge in [0.2, 0.25) is 0 Å². The van der Waals surface area contributed by atoms with E-state index >= 15 is 0 Å². The van der Waals surface area contributed by atoms with Gasteiger partial charge in [-0.2, -0.15) is 0 Å². The van der Waals surface area contributed by atoms with Gasteiger partial charge in [-0.3, -0.25) is 4.79 Å². The molecule has 0 aliphatic carbocycles. The summed E-state index contributed by atoms with van der Waals surface area (Å²) < 4.78 is 10.8. The van der Waals surface area contributed by atoms with Crippen LogP contribution >= 0.6 is 0 Å². The number of carbonyl (C=O) groups is 1. The Morgan fingerprint density at radius 1 is 0.679 bits per heavy atom. The summed E-state index contributed by atoms with van der Waals surface area (Å²) in [6, 6.07) is 0. The van der Waals surface area contributed by atoms with Crippen LogP contribution in [0.5, 0.6) is 0 Å². The van der Waals surface area contributed by atoms with E-state index in [1.54, 1.807) is 0 Å². The van der Waals surface area contributed by atoms with E-state index in [9.17, 15) is 4.79 Å². The minimum Gasteiger partial charge on any atom is -0.481 e. The van der Waals surface area contributed by atoms with Crippen LogP contribution in [-0.2, 0) is 14.3 Å². The highest BCUT2D eigenvalue weighted by molar-refractivity contribution is 5.66. The molecule has 1 N–H and O–H groups in total. The van der Waals surface area contributed by atoms with Gasteiger partial charge in [-0.25, -0.2) is 0 Å². The Kier molecular flexibility index (Phi) is 22.2. The van der Waals surface area contributed by atoms with E-state index in [1.165, 1.54) is 89.9 Å². The first-order valence-electron chi connectivity index (χ1n) is 12.2. The highest BCUT2D eigenvalue weighted by Crippen LogP contribution is 2.14. The molecule has 28 heavy (non-hydrogen) atoms. The molecule has 1 saturated heterocycles. The van der Waals surface area contributed by atoms with E-state index in [1.807, 2.05) is 0 Å². The molecule has 0 spiro atoms. The van der Waals surface area contributed by atoms with Crippen LogP contribution < -0.4 is 0 Å². The van der Waals surface area contributed by atoms with Gasteiger partial charge in [-0.15, -0.1) is 0 Å². The summed E-state index contributed by atoms with van der Waals surface area (Å²) in [6.45, 7) is 6.07. The fraction of sp³-hybridized carbons (Fsp3) is 0.958. The van der Waals surface area contributed by atoms with Gasteiger partial charge in [0.15, 0.2) is 6.29 Å². The molecule has 0 aromatic heterocycles. The molecular formula is C24H48O4. The predicted octanol–water partition coefficient (Wildman–Crippen LogP) is 7.49. The number of carboxylic acid groups (broad SMARTS) is 1. The fourth-order valence-corrected chi connectivity index (χ4v) is 3.43. The number of hydrogen-bond donors (Lipinski definition) is 1. The molecule has 0 bridgehead atoms. The predicted molar refractivity (Wildman–Crippen MR) is 118 cm³/mol. The zero-order chi connectivity index (χ0) is 20.7. The van der Waals surface area contributed by atoms with E-state index in [-0.39, 0.29) is 6.29 Å². The van der Waals surface area contributed by atoms with Crippen LogP contribution in [0.3, 0.4) is 0 Å². The summed E-state index contributed by atoms with van der Waals surface area (Å²) >= 11 is 0. The highest BCUT2D eigenvalue weighted by atomic mass is 16.7. The smallest absolute Gasteiger partial charge is 0.303 e. The third kappa shape index (κ3) is 21.7. The van der Waals surface area contributed by atoms with E-state index in [0.717, 1.165) is 32.5 Å². The lowest BCUT2D eigenvalue weighted by Gasteiger charge is -2.07. The van der Waals surface area contributed by atoms with E-state index in [0.29, 0.717) is 6.42 Å². The Balaban J connectivity index is 0.000000521. The van der Waals surface area contributed by atoms with Crippen molar-refractivity contribution in [2.45, 2.75) is 136 Å². The monoisotopic (exact) mass is 400 g/mol. The molecule has 1 aliphatic heterocycles. The lowest BCUT2D eigenvalue weighted by atomic mass is 10.1. The van der Waals surface area contributed by atoms with Crippen molar-refractivity contribution in [2.75, 3.05) is 13.2 Å². The van der Waals surface area contributed by atoms with Crippen molar-refractivity contribution >= 4 is 5.97 Å². The van der Waals surface area contributed by atoms with Crippen LogP contribution in [0.1, 0.15) is 129 Å². The number of hydrogen-bond acceptors (Lipinski definition) is 3. The fourth-order valence-electron chi connectivity index (χ4n) is 3.43. The Bertz CT molecular complexity index is 314. The summed E-state index contributed by atoms with van der Waals surface area (Å²) in [5.41, 5.74) is 0. The molecule has 168 valence electrons. The molecule has 0 aromatic rings. The van der Waals surface area contributed by atoms with Crippen LogP contribution in [0, 0.1) is 0 Å². The first-order valence-corrected chi connectivity index (χ1v) is 12.2. The van der Waals surface area contributed by atoms with Crippen molar-refractivity contribution in [2.24, 2.45) is 0 Å². The minimum atomic E-state index is -0.659. The molecule has 0 aromatic carbocycles. The first-order chi connectivity index (χ1) is 13.7. The Labute approximate surface area is 174 Å². The summed E-state index contributed by atoms with van der Waals surface area (Å²) in [4.78, 5) is 10.2. The molecule has 4 nitrogen and oxygen atoms in total. The molecule has 1 fully saturated rings. The number of aliphatic carboxylic acids is 1. The van der Waals surface area contributed by atoms with Crippen LogP contribution in [0.4, 0.5) is 0 Å². The average molecular weight is 401 g/mol. The van der Waals surface area contributed by atoms with Crippen LogP contribution in [0.2, 0.25) is 0 Å². The number of unbranched alkanes of at least 4 members (excludes halogenated alkanes) is 14. The van der Waals surface area contributed by atoms with Gasteiger partial charge in [0.05, 0.1) is 13.2 Å². The molecule has 0 atom stereocenters. The van der Waals surface area contributed by atoms with Crippen LogP contribution in [0.15, 0.2) is 0 Å². The highest BCUT2D eigenvalue weighted by Gasteiger charge is 2.14. The van der Waals surface area contributed by atoms with Crippen molar-refractivity contribution in [1.82, 2.24) is 0 Å². The minimum absolute atomic E-state index is 0.116. The maximum atomic E-state index is 10.2. The van der Waals surface area contributed by atoms with E-state index in [4.69, 9.17) is 14.6 Å². The van der Waals surface area contributed by atoms with Gasteiger partial charge in [-0.1, -0.05) is 104 Å². The molecule has 4 heteroatoms. The molecule has 1 heterocycles.